The third kappa shape index (κ3) is 1.43. The molecule has 82 valence electrons. The van der Waals surface area contributed by atoms with Gasteiger partial charge < -0.3 is 4.98 Å². The fourth-order valence-electron chi connectivity index (χ4n) is 2.58. The molecule has 2 aromatic heterocycles. The number of hydrogen-bond donors (Lipinski definition) is 1. The van der Waals surface area contributed by atoms with E-state index in [-0.39, 0.29) is 5.92 Å². The van der Waals surface area contributed by atoms with Crippen molar-refractivity contribution in [3.8, 4) is 0 Å². The average Bonchev–Trinajstić information content (AvgIpc) is 2.74. The summed E-state index contributed by atoms with van der Waals surface area (Å²) in [6.45, 7) is 0. The van der Waals surface area contributed by atoms with Gasteiger partial charge in [-0.15, -0.1) is 0 Å². The molecule has 3 heteroatoms. The van der Waals surface area contributed by atoms with Gasteiger partial charge in [0.15, 0.2) is 0 Å². The summed E-state index contributed by atoms with van der Waals surface area (Å²) in [5, 5.41) is 1.10. The molecular weight excluding hydrogens is 200 g/mol. The zero-order valence-corrected chi connectivity index (χ0v) is 9.07. The number of carbonyl (C=O) groups excluding carboxylic acids is 1. The number of H-pyrrole nitrogens is 1. The number of nitrogens with one attached hydrogen (secondary N) is 1. The van der Waals surface area contributed by atoms with E-state index >= 15 is 0 Å². The van der Waals surface area contributed by atoms with E-state index in [1.807, 2.05) is 18.3 Å². The Morgan fingerprint density at radius 3 is 3.19 bits per heavy atom. The molecule has 16 heavy (non-hydrogen) atoms. The molecule has 1 N–H and O–H groups in total. The van der Waals surface area contributed by atoms with Crippen molar-refractivity contribution in [1.29, 1.82) is 0 Å². The zero-order valence-electron chi connectivity index (χ0n) is 9.07. The van der Waals surface area contributed by atoms with Gasteiger partial charge in [0.05, 0.1) is 0 Å². The SMILES string of the molecule is O=C1CCCCC1c1c[nH]c2ncccc12. The van der Waals surface area contributed by atoms with Crippen LogP contribution in [0.25, 0.3) is 11.0 Å². The van der Waals surface area contributed by atoms with E-state index in [4.69, 9.17) is 0 Å². The number of aromatic nitrogens is 2. The van der Waals surface area contributed by atoms with Gasteiger partial charge in [-0.1, -0.05) is 6.42 Å². The molecule has 3 rings (SSSR count). The van der Waals surface area contributed by atoms with Gasteiger partial charge in [-0.3, -0.25) is 4.79 Å². The summed E-state index contributed by atoms with van der Waals surface area (Å²) in [4.78, 5) is 19.3. The van der Waals surface area contributed by atoms with Crippen LogP contribution in [0.4, 0.5) is 0 Å². The Morgan fingerprint density at radius 2 is 2.31 bits per heavy atom. The van der Waals surface area contributed by atoms with Gasteiger partial charge in [-0.2, -0.15) is 0 Å². The lowest BCUT2D eigenvalue weighted by Crippen LogP contribution is -2.16. The number of ketones is 1. The normalized spacial score (nSPS) is 21.5. The van der Waals surface area contributed by atoms with Gasteiger partial charge in [-0.05, 0) is 30.5 Å². The standard InChI is InChI=1S/C13H14N2O/c16-12-6-2-1-4-9(12)11-8-15-13-10(11)5-3-7-14-13/h3,5,7-9H,1-2,4,6H2,(H,14,15). The zero-order chi connectivity index (χ0) is 11.0. The minimum absolute atomic E-state index is 0.0895. The Morgan fingerprint density at radius 1 is 1.38 bits per heavy atom. The van der Waals surface area contributed by atoms with Crippen molar-refractivity contribution in [1.82, 2.24) is 9.97 Å². The number of carbonyl (C=O) groups is 1. The molecule has 1 atom stereocenters. The number of aromatic amines is 1. The lowest BCUT2D eigenvalue weighted by Gasteiger charge is -2.19. The maximum absolute atomic E-state index is 11.9. The molecule has 2 heterocycles. The monoisotopic (exact) mass is 214 g/mol. The van der Waals surface area contributed by atoms with E-state index in [1.54, 1.807) is 6.20 Å². The molecule has 0 aliphatic heterocycles. The van der Waals surface area contributed by atoms with Crippen LogP contribution in [-0.2, 0) is 4.79 Å². The van der Waals surface area contributed by atoms with Crippen LogP contribution in [0.1, 0.15) is 37.2 Å². The van der Waals surface area contributed by atoms with E-state index in [9.17, 15) is 4.79 Å². The highest BCUT2D eigenvalue weighted by Crippen LogP contribution is 2.33. The lowest BCUT2D eigenvalue weighted by molar-refractivity contribution is -0.121. The minimum Gasteiger partial charge on any atom is -0.346 e. The number of rotatable bonds is 1. The Bertz CT molecular complexity index is 529. The summed E-state index contributed by atoms with van der Waals surface area (Å²) in [5.74, 6) is 0.475. The first-order chi connectivity index (χ1) is 7.86. The topological polar surface area (TPSA) is 45.8 Å². The van der Waals surface area contributed by atoms with Crippen molar-refractivity contribution in [2.75, 3.05) is 0 Å². The maximum atomic E-state index is 11.9. The predicted molar refractivity (Wildman–Crippen MR) is 62.3 cm³/mol. The summed E-state index contributed by atoms with van der Waals surface area (Å²) in [7, 11) is 0. The second-order valence-electron chi connectivity index (χ2n) is 4.41. The lowest BCUT2D eigenvalue weighted by atomic mass is 9.83. The van der Waals surface area contributed by atoms with E-state index < -0.39 is 0 Å². The van der Waals surface area contributed by atoms with Gasteiger partial charge in [0.1, 0.15) is 11.4 Å². The van der Waals surface area contributed by atoms with Crippen LogP contribution >= 0.6 is 0 Å². The molecule has 0 aromatic carbocycles. The first-order valence-corrected chi connectivity index (χ1v) is 5.81. The average molecular weight is 214 g/mol. The quantitative estimate of drug-likeness (QED) is 0.793. The van der Waals surface area contributed by atoms with Gasteiger partial charge in [0.2, 0.25) is 0 Å². The van der Waals surface area contributed by atoms with Gasteiger partial charge >= 0.3 is 0 Å². The molecule has 0 saturated heterocycles. The highest BCUT2D eigenvalue weighted by Gasteiger charge is 2.25. The highest BCUT2D eigenvalue weighted by atomic mass is 16.1. The summed E-state index contributed by atoms with van der Waals surface area (Å²) >= 11 is 0. The van der Waals surface area contributed by atoms with Gasteiger partial charge in [0.25, 0.3) is 0 Å². The van der Waals surface area contributed by atoms with Crippen LogP contribution in [0.2, 0.25) is 0 Å². The van der Waals surface area contributed by atoms with Crippen LogP contribution in [0.15, 0.2) is 24.5 Å². The largest absolute Gasteiger partial charge is 0.346 e. The third-order valence-electron chi connectivity index (χ3n) is 3.41. The molecule has 1 aliphatic carbocycles. The number of fused-ring (bicyclic) bond motifs is 1. The van der Waals surface area contributed by atoms with Crippen molar-refractivity contribution < 1.29 is 4.79 Å². The van der Waals surface area contributed by atoms with Crippen molar-refractivity contribution in [3.05, 3.63) is 30.1 Å². The van der Waals surface area contributed by atoms with Crippen molar-refractivity contribution >= 4 is 16.8 Å². The number of pyridine rings is 1. The second kappa shape index (κ2) is 3.74. The fraction of sp³-hybridized carbons (Fsp3) is 0.385. The smallest absolute Gasteiger partial charge is 0.140 e. The maximum Gasteiger partial charge on any atom is 0.140 e. The Kier molecular flexibility index (Phi) is 2.24. The van der Waals surface area contributed by atoms with Crippen molar-refractivity contribution in [2.45, 2.75) is 31.6 Å². The van der Waals surface area contributed by atoms with Crippen LogP contribution < -0.4 is 0 Å². The summed E-state index contributed by atoms with van der Waals surface area (Å²) in [6, 6.07) is 3.96. The second-order valence-corrected chi connectivity index (χ2v) is 4.41. The summed E-state index contributed by atoms with van der Waals surface area (Å²) in [6.07, 6.45) is 7.65. The Balaban J connectivity index is 2.08. The molecule has 0 bridgehead atoms. The minimum atomic E-state index is 0.0895. The van der Waals surface area contributed by atoms with Crippen LogP contribution in [-0.4, -0.2) is 15.8 Å². The van der Waals surface area contributed by atoms with E-state index in [0.717, 1.165) is 42.3 Å². The van der Waals surface area contributed by atoms with Crippen LogP contribution in [0, 0.1) is 0 Å². The van der Waals surface area contributed by atoms with Gasteiger partial charge in [-0.25, -0.2) is 4.98 Å². The first-order valence-electron chi connectivity index (χ1n) is 5.81. The number of Topliss-reactive ketones (excluding diaryl/α,β-unsaturated/α-hetero) is 1. The van der Waals surface area contributed by atoms with Crippen molar-refractivity contribution in [2.24, 2.45) is 0 Å². The molecule has 0 amide bonds. The molecule has 2 aromatic rings. The van der Waals surface area contributed by atoms with Gasteiger partial charge in [0, 0.05) is 30.1 Å². The predicted octanol–water partition coefficient (Wildman–Crippen LogP) is 2.79. The molecule has 3 nitrogen and oxygen atoms in total. The molecule has 1 saturated carbocycles. The molecule has 1 unspecified atom stereocenters. The molecular formula is C13H14N2O. The molecule has 0 radical (unpaired) electrons. The summed E-state index contributed by atoms with van der Waals surface area (Å²) < 4.78 is 0. The molecule has 1 aliphatic rings. The first kappa shape index (κ1) is 9.58. The van der Waals surface area contributed by atoms with Crippen LogP contribution in [0.3, 0.4) is 0 Å². The Hall–Kier alpha value is -1.64. The fourth-order valence-corrected chi connectivity index (χ4v) is 2.58. The number of nitrogens with zero attached hydrogens (tertiary/aromatic N) is 1. The highest BCUT2D eigenvalue weighted by molar-refractivity contribution is 5.92. The van der Waals surface area contributed by atoms with Crippen LogP contribution in [0.5, 0.6) is 0 Å². The van der Waals surface area contributed by atoms with E-state index in [2.05, 4.69) is 9.97 Å². The third-order valence-corrected chi connectivity index (χ3v) is 3.41. The van der Waals surface area contributed by atoms with Crippen molar-refractivity contribution in [3.63, 3.8) is 0 Å². The molecule has 1 fully saturated rings. The van der Waals surface area contributed by atoms with E-state index in [0.29, 0.717) is 5.78 Å². The summed E-state index contributed by atoms with van der Waals surface area (Å²) in [5.41, 5.74) is 2.02. The molecule has 0 spiro atoms. The number of hydrogen-bond acceptors (Lipinski definition) is 2. The van der Waals surface area contributed by atoms with E-state index in [1.165, 1.54) is 0 Å². The Labute approximate surface area is 93.9 Å².